The molecule has 1 saturated heterocycles. The van der Waals surface area contributed by atoms with Gasteiger partial charge >= 0.3 is 6.18 Å². The van der Waals surface area contributed by atoms with Gasteiger partial charge in [-0.25, -0.2) is 4.68 Å². The summed E-state index contributed by atoms with van der Waals surface area (Å²) in [7, 11) is 3.98. The van der Waals surface area contributed by atoms with Crippen LogP contribution in [0.2, 0.25) is 0 Å². The third-order valence-electron chi connectivity index (χ3n) is 6.60. The van der Waals surface area contributed by atoms with Crippen LogP contribution in [0.15, 0.2) is 24.3 Å². The van der Waals surface area contributed by atoms with Crippen molar-refractivity contribution in [2.75, 3.05) is 45.2 Å². The quantitative estimate of drug-likeness (QED) is 0.495. The van der Waals surface area contributed by atoms with E-state index in [1.807, 2.05) is 50.2 Å². The molecule has 11 heteroatoms. The molecule has 8 nitrogen and oxygen atoms in total. The number of alkyl halides is 3. The highest BCUT2D eigenvalue weighted by molar-refractivity contribution is 5.93. The fourth-order valence-electron chi connectivity index (χ4n) is 4.59. The average molecular weight is 504 g/mol. The number of carbonyl (C=O) groups is 1. The molecular formula is C25H32F3N7O. The molecule has 1 aliphatic heterocycles. The van der Waals surface area contributed by atoms with Crippen LogP contribution in [0.5, 0.6) is 0 Å². The molecule has 1 amide bonds. The first-order valence-corrected chi connectivity index (χ1v) is 12.1. The monoisotopic (exact) mass is 503 g/mol. The fourth-order valence-corrected chi connectivity index (χ4v) is 4.59. The molecular weight excluding hydrogens is 471 g/mol. The molecule has 0 spiro atoms. The van der Waals surface area contributed by atoms with E-state index in [4.69, 9.17) is 0 Å². The third kappa shape index (κ3) is 5.45. The molecule has 1 aromatic carbocycles. The van der Waals surface area contributed by atoms with Gasteiger partial charge in [0.2, 0.25) is 5.91 Å². The van der Waals surface area contributed by atoms with Crippen molar-refractivity contribution in [2.45, 2.75) is 39.3 Å². The number of nitrogens with zero attached hydrogens (tertiary/aromatic N) is 6. The number of hydrogen-bond donors (Lipinski definition) is 1. The smallest absolute Gasteiger partial charge is 0.356 e. The van der Waals surface area contributed by atoms with E-state index in [1.165, 1.54) is 4.68 Å². The number of rotatable bonds is 7. The van der Waals surface area contributed by atoms with Gasteiger partial charge in [-0.1, -0.05) is 17.7 Å². The number of carbonyl (C=O) groups excluding carboxylic acids is 1. The van der Waals surface area contributed by atoms with E-state index in [0.717, 1.165) is 18.5 Å². The first-order chi connectivity index (χ1) is 17.1. The summed E-state index contributed by atoms with van der Waals surface area (Å²) in [6.45, 7) is 6.05. The summed E-state index contributed by atoms with van der Waals surface area (Å²) in [6, 6.07) is 7.42. The number of anilines is 1. The maximum absolute atomic E-state index is 13.8. The minimum Gasteiger partial charge on any atom is -0.356 e. The number of halogens is 3. The maximum atomic E-state index is 13.8. The number of aryl methyl sites for hydroxylation is 2. The summed E-state index contributed by atoms with van der Waals surface area (Å²) in [5, 5.41) is 15.1. The summed E-state index contributed by atoms with van der Waals surface area (Å²) < 4.78 is 43.1. The van der Waals surface area contributed by atoms with Crippen LogP contribution in [0, 0.1) is 19.8 Å². The lowest BCUT2D eigenvalue weighted by atomic mass is 9.95. The molecule has 0 atom stereocenters. The maximum Gasteiger partial charge on any atom is 0.435 e. The first-order valence-electron chi connectivity index (χ1n) is 12.1. The minimum absolute atomic E-state index is 0.0246. The standard InChI is InChI=1S/C25H32F3N7O/c1-16-6-8-19(9-7-16)35-17(2)20-21(32-35)23(31-30-22(20)25(26,27)28)34-14-10-18(11-15-34)24(36)29-12-5-13-33(3)4/h6-9,18H,5,10-15H2,1-4H3,(H,29,36). The van der Waals surface area contributed by atoms with Gasteiger partial charge in [-0.2, -0.15) is 18.3 Å². The Morgan fingerprint density at radius 1 is 1.11 bits per heavy atom. The highest BCUT2D eigenvalue weighted by atomic mass is 19.4. The van der Waals surface area contributed by atoms with Crippen LogP contribution in [0.3, 0.4) is 0 Å². The highest BCUT2D eigenvalue weighted by Gasteiger charge is 2.39. The van der Waals surface area contributed by atoms with Crippen molar-refractivity contribution < 1.29 is 18.0 Å². The number of aromatic nitrogens is 4. The van der Waals surface area contributed by atoms with Gasteiger partial charge in [0.05, 0.1) is 16.8 Å². The zero-order valence-corrected chi connectivity index (χ0v) is 21.1. The number of piperidine rings is 1. The number of benzene rings is 1. The van der Waals surface area contributed by atoms with E-state index < -0.39 is 11.9 Å². The Labute approximate surface area is 208 Å². The lowest BCUT2D eigenvalue weighted by molar-refractivity contribution is -0.140. The van der Waals surface area contributed by atoms with Crippen molar-refractivity contribution in [3.05, 3.63) is 41.2 Å². The van der Waals surface area contributed by atoms with Crippen molar-refractivity contribution in [3.8, 4) is 5.69 Å². The van der Waals surface area contributed by atoms with Gasteiger partial charge < -0.3 is 15.1 Å². The van der Waals surface area contributed by atoms with Crippen LogP contribution < -0.4 is 10.2 Å². The Bertz CT molecular complexity index is 1210. The van der Waals surface area contributed by atoms with Crippen LogP contribution in [-0.2, 0) is 11.0 Å². The molecule has 0 radical (unpaired) electrons. The Balaban J connectivity index is 1.58. The van der Waals surface area contributed by atoms with Crippen molar-refractivity contribution >= 4 is 22.6 Å². The van der Waals surface area contributed by atoms with Crippen LogP contribution >= 0.6 is 0 Å². The molecule has 4 rings (SSSR count). The zero-order valence-electron chi connectivity index (χ0n) is 21.1. The van der Waals surface area contributed by atoms with Crippen molar-refractivity contribution in [2.24, 2.45) is 5.92 Å². The minimum atomic E-state index is -4.66. The van der Waals surface area contributed by atoms with Crippen LogP contribution in [0.1, 0.15) is 36.2 Å². The molecule has 3 heterocycles. The molecule has 1 aliphatic rings. The van der Waals surface area contributed by atoms with Crippen molar-refractivity contribution in [3.63, 3.8) is 0 Å². The second kappa shape index (κ2) is 10.4. The highest BCUT2D eigenvalue weighted by Crippen LogP contribution is 2.38. The molecule has 1 N–H and O–H groups in total. The number of amides is 1. The number of fused-ring (bicyclic) bond motifs is 1. The fraction of sp³-hybridized carbons (Fsp3) is 0.520. The van der Waals surface area contributed by atoms with E-state index in [1.54, 1.807) is 6.92 Å². The average Bonchev–Trinajstić information content (AvgIpc) is 3.18. The second-order valence-electron chi connectivity index (χ2n) is 9.64. The summed E-state index contributed by atoms with van der Waals surface area (Å²) in [5.74, 6) is 0.207. The molecule has 0 aliphatic carbocycles. The summed E-state index contributed by atoms with van der Waals surface area (Å²) in [4.78, 5) is 16.5. The molecule has 3 aromatic rings. The lowest BCUT2D eigenvalue weighted by Crippen LogP contribution is -2.41. The predicted molar refractivity (Wildman–Crippen MR) is 132 cm³/mol. The Morgan fingerprint density at radius 2 is 1.78 bits per heavy atom. The van der Waals surface area contributed by atoms with Crippen LogP contribution in [0.4, 0.5) is 19.0 Å². The van der Waals surface area contributed by atoms with E-state index >= 15 is 0 Å². The zero-order chi connectivity index (χ0) is 26.0. The van der Waals surface area contributed by atoms with E-state index in [2.05, 4.69) is 25.5 Å². The van der Waals surface area contributed by atoms with Crippen molar-refractivity contribution in [1.82, 2.24) is 30.2 Å². The molecule has 1 fully saturated rings. The van der Waals surface area contributed by atoms with Gasteiger partial charge in [0.25, 0.3) is 0 Å². The van der Waals surface area contributed by atoms with Crippen LogP contribution in [0.25, 0.3) is 16.6 Å². The van der Waals surface area contributed by atoms with Gasteiger partial charge in [-0.15, -0.1) is 10.2 Å². The van der Waals surface area contributed by atoms with Gasteiger partial charge in [0.1, 0.15) is 5.52 Å². The number of hydrogen-bond acceptors (Lipinski definition) is 6. The first kappa shape index (κ1) is 25.9. The topological polar surface area (TPSA) is 79.2 Å². The lowest BCUT2D eigenvalue weighted by Gasteiger charge is -2.32. The van der Waals surface area contributed by atoms with E-state index in [0.29, 0.717) is 49.7 Å². The SMILES string of the molecule is Cc1ccc(-n2nc3c(N4CCC(C(=O)NCCCN(C)C)CC4)nnc(C(F)(F)F)c3c2C)cc1. The van der Waals surface area contributed by atoms with E-state index in [9.17, 15) is 18.0 Å². The third-order valence-corrected chi connectivity index (χ3v) is 6.60. The molecule has 0 unspecified atom stereocenters. The Hall–Kier alpha value is -3.21. The number of nitrogens with one attached hydrogen (secondary N) is 1. The van der Waals surface area contributed by atoms with Gasteiger partial charge in [-0.05, 0) is 65.9 Å². The molecule has 2 aromatic heterocycles. The van der Waals surface area contributed by atoms with Gasteiger partial charge in [-0.3, -0.25) is 4.79 Å². The Kier molecular flexibility index (Phi) is 7.49. The van der Waals surface area contributed by atoms with E-state index in [-0.39, 0.29) is 22.7 Å². The largest absolute Gasteiger partial charge is 0.435 e. The van der Waals surface area contributed by atoms with Crippen LogP contribution in [-0.4, -0.2) is 71.1 Å². The summed E-state index contributed by atoms with van der Waals surface area (Å²) >= 11 is 0. The second-order valence-corrected chi connectivity index (χ2v) is 9.64. The Morgan fingerprint density at radius 3 is 2.39 bits per heavy atom. The van der Waals surface area contributed by atoms with Crippen molar-refractivity contribution in [1.29, 1.82) is 0 Å². The molecule has 0 bridgehead atoms. The van der Waals surface area contributed by atoms with Gasteiger partial charge in [0, 0.05) is 25.6 Å². The van der Waals surface area contributed by atoms with Gasteiger partial charge in [0.15, 0.2) is 11.5 Å². The summed E-state index contributed by atoms with van der Waals surface area (Å²) in [6.07, 6.45) is -2.62. The normalized spacial score (nSPS) is 15.2. The summed E-state index contributed by atoms with van der Waals surface area (Å²) in [5.41, 5.74) is 1.19. The molecule has 0 saturated carbocycles. The molecule has 36 heavy (non-hydrogen) atoms. The molecule has 194 valence electrons. The predicted octanol–water partition coefficient (Wildman–Crippen LogP) is 3.74.